The van der Waals surface area contributed by atoms with Gasteiger partial charge in [0, 0.05) is 58.9 Å². The van der Waals surface area contributed by atoms with Crippen molar-refractivity contribution in [2.45, 2.75) is 19.6 Å². The number of nitriles is 1. The Hall–Kier alpha value is -2.92. The van der Waals surface area contributed by atoms with Gasteiger partial charge in [-0.25, -0.2) is 4.79 Å². The van der Waals surface area contributed by atoms with Gasteiger partial charge >= 0.3 is 6.03 Å². The van der Waals surface area contributed by atoms with E-state index in [-0.39, 0.29) is 6.03 Å². The lowest BCUT2D eigenvalue weighted by atomic mass is 10.1. The number of ether oxygens (including phenoxy) is 1. The van der Waals surface area contributed by atoms with Crippen molar-refractivity contribution in [3.63, 3.8) is 0 Å². The zero-order valence-corrected chi connectivity index (χ0v) is 18.5. The molecule has 7 heteroatoms. The number of benzene rings is 2. The fourth-order valence-corrected chi connectivity index (χ4v) is 4.12. The smallest absolute Gasteiger partial charge is 0.317 e. The fraction of sp³-hybridized carbons (Fsp3) is 0.440. The molecule has 2 amide bonds. The molecule has 0 atom stereocenters. The summed E-state index contributed by atoms with van der Waals surface area (Å²) in [5.41, 5.74) is 4.28. The summed E-state index contributed by atoms with van der Waals surface area (Å²) in [7, 11) is 0. The maximum Gasteiger partial charge on any atom is 0.317 e. The molecule has 2 aromatic carbocycles. The molecule has 2 fully saturated rings. The first kappa shape index (κ1) is 22.3. The van der Waals surface area contributed by atoms with Crippen molar-refractivity contribution in [3.05, 3.63) is 70.8 Å². The van der Waals surface area contributed by atoms with Crippen LogP contribution in [0.4, 0.5) is 4.79 Å². The Balaban J connectivity index is 1.17. The molecule has 1 N–H and O–H groups in total. The molecule has 2 aliphatic rings. The van der Waals surface area contributed by atoms with Gasteiger partial charge in [-0.3, -0.25) is 9.80 Å². The van der Waals surface area contributed by atoms with Crippen LogP contribution in [0.25, 0.3) is 0 Å². The summed E-state index contributed by atoms with van der Waals surface area (Å²) in [5.74, 6) is 0. The number of hydrogen-bond donors (Lipinski definition) is 1. The lowest BCUT2D eigenvalue weighted by Crippen LogP contribution is -2.51. The van der Waals surface area contributed by atoms with E-state index in [1.165, 1.54) is 11.1 Å². The first-order valence-corrected chi connectivity index (χ1v) is 11.3. The highest BCUT2D eigenvalue weighted by molar-refractivity contribution is 5.74. The van der Waals surface area contributed by atoms with Gasteiger partial charge in [0.25, 0.3) is 0 Å². The van der Waals surface area contributed by atoms with E-state index in [2.05, 4.69) is 45.5 Å². The molecular formula is C25H31N5O2. The first-order valence-electron chi connectivity index (χ1n) is 11.3. The van der Waals surface area contributed by atoms with Crippen LogP contribution in [-0.4, -0.2) is 73.2 Å². The normalized spacial score (nSPS) is 17.7. The summed E-state index contributed by atoms with van der Waals surface area (Å²) in [6, 6.07) is 18.4. The molecular weight excluding hydrogens is 402 g/mol. The number of urea groups is 1. The molecule has 2 aliphatic heterocycles. The SMILES string of the molecule is N#Cc1ccc(CN2CCN(C(=O)NCc3ccc(CN4CCOCC4)cc3)CC2)cc1. The molecule has 2 saturated heterocycles. The van der Waals surface area contributed by atoms with Crippen LogP contribution in [0.2, 0.25) is 0 Å². The molecule has 4 rings (SSSR count). The van der Waals surface area contributed by atoms with Gasteiger partial charge in [-0.05, 0) is 28.8 Å². The van der Waals surface area contributed by atoms with Crippen molar-refractivity contribution >= 4 is 6.03 Å². The van der Waals surface area contributed by atoms with Crippen molar-refractivity contribution < 1.29 is 9.53 Å². The molecule has 168 valence electrons. The van der Waals surface area contributed by atoms with E-state index in [9.17, 15) is 4.79 Å². The minimum atomic E-state index is 0.000386. The summed E-state index contributed by atoms with van der Waals surface area (Å²) in [4.78, 5) is 19.2. The topological polar surface area (TPSA) is 71.8 Å². The van der Waals surface area contributed by atoms with Crippen molar-refractivity contribution in [1.29, 1.82) is 5.26 Å². The maximum atomic E-state index is 12.6. The van der Waals surface area contributed by atoms with E-state index in [1.54, 1.807) is 0 Å². The number of piperazine rings is 1. The minimum absolute atomic E-state index is 0.000386. The van der Waals surface area contributed by atoms with Crippen LogP contribution in [0.3, 0.4) is 0 Å². The minimum Gasteiger partial charge on any atom is -0.379 e. The van der Waals surface area contributed by atoms with Gasteiger partial charge < -0.3 is 15.0 Å². The average Bonchev–Trinajstić information content (AvgIpc) is 2.85. The molecule has 0 bridgehead atoms. The Kier molecular flexibility index (Phi) is 7.73. The lowest BCUT2D eigenvalue weighted by Gasteiger charge is -2.34. The Morgan fingerprint density at radius 3 is 1.94 bits per heavy atom. The number of carbonyl (C=O) groups is 1. The van der Waals surface area contributed by atoms with Crippen LogP contribution in [0, 0.1) is 11.3 Å². The fourth-order valence-electron chi connectivity index (χ4n) is 4.12. The molecule has 0 aliphatic carbocycles. The van der Waals surface area contributed by atoms with Crippen molar-refractivity contribution in [2.24, 2.45) is 0 Å². The maximum absolute atomic E-state index is 12.6. The summed E-state index contributed by atoms with van der Waals surface area (Å²) in [6.07, 6.45) is 0. The van der Waals surface area contributed by atoms with Gasteiger partial charge in [-0.1, -0.05) is 36.4 Å². The monoisotopic (exact) mass is 433 g/mol. The molecule has 7 nitrogen and oxygen atoms in total. The Bertz CT molecular complexity index is 909. The van der Waals surface area contributed by atoms with Crippen LogP contribution < -0.4 is 5.32 Å². The van der Waals surface area contributed by atoms with Gasteiger partial charge in [0.2, 0.25) is 0 Å². The molecule has 0 radical (unpaired) electrons. The number of hydrogen-bond acceptors (Lipinski definition) is 5. The summed E-state index contributed by atoms with van der Waals surface area (Å²) in [6.45, 7) is 9.08. The van der Waals surface area contributed by atoms with Crippen molar-refractivity contribution in [3.8, 4) is 6.07 Å². The highest BCUT2D eigenvalue weighted by Crippen LogP contribution is 2.12. The Morgan fingerprint density at radius 2 is 1.34 bits per heavy atom. The predicted octanol–water partition coefficient (Wildman–Crippen LogP) is 2.42. The van der Waals surface area contributed by atoms with E-state index in [0.717, 1.165) is 71.1 Å². The highest BCUT2D eigenvalue weighted by Gasteiger charge is 2.21. The summed E-state index contributed by atoms with van der Waals surface area (Å²) >= 11 is 0. The van der Waals surface area contributed by atoms with E-state index >= 15 is 0 Å². The highest BCUT2D eigenvalue weighted by atomic mass is 16.5. The third-order valence-corrected chi connectivity index (χ3v) is 6.13. The zero-order chi connectivity index (χ0) is 22.2. The lowest BCUT2D eigenvalue weighted by molar-refractivity contribution is 0.0342. The summed E-state index contributed by atoms with van der Waals surface area (Å²) < 4.78 is 5.40. The third-order valence-electron chi connectivity index (χ3n) is 6.13. The number of nitrogens with zero attached hydrogens (tertiary/aromatic N) is 4. The van der Waals surface area contributed by atoms with Gasteiger partial charge in [0.15, 0.2) is 0 Å². The van der Waals surface area contributed by atoms with Gasteiger partial charge in [0.05, 0.1) is 24.8 Å². The van der Waals surface area contributed by atoms with Crippen LogP contribution in [0.15, 0.2) is 48.5 Å². The molecule has 2 aromatic rings. The van der Waals surface area contributed by atoms with Gasteiger partial charge in [0.1, 0.15) is 0 Å². The van der Waals surface area contributed by atoms with Crippen molar-refractivity contribution in [1.82, 2.24) is 20.0 Å². The van der Waals surface area contributed by atoms with E-state index in [0.29, 0.717) is 12.1 Å². The van der Waals surface area contributed by atoms with Crippen LogP contribution in [-0.2, 0) is 24.4 Å². The van der Waals surface area contributed by atoms with Crippen LogP contribution >= 0.6 is 0 Å². The van der Waals surface area contributed by atoms with Gasteiger partial charge in [-0.2, -0.15) is 5.26 Å². The number of nitrogens with one attached hydrogen (secondary N) is 1. The van der Waals surface area contributed by atoms with Crippen LogP contribution in [0.1, 0.15) is 22.3 Å². The quantitative estimate of drug-likeness (QED) is 0.758. The molecule has 0 unspecified atom stereocenters. The third kappa shape index (κ3) is 6.30. The second-order valence-corrected chi connectivity index (χ2v) is 8.44. The Labute approximate surface area is 190 Å². The van der Waals surface area contributed by atoms with Gasteiger partial charge in [-0.15, -0.1) is 0 Å². The number of carbonyl (C=O) groups excluding carboxylic acids is 1. The second-order valence-electron chi connectivity index (χ2n) is 8.44. The second kappa shape index (κ2) is 11.1. The summed E-state index contributed by atoms with van der Waals surface area (Å²) in [5, 5.41) is 12.0. The molecule has 0 spiro atoms. The molecule has 0 aromatic heterocycles. The number of morpholine rings is 1. The van der Waals surface area contributed by atoms with Crippen molar-refractivity contribution in [2.75, 3.05) is 52.5 Å². The van der Waals surface area contributed by atoms with Crippen LogP contribution in [0.5, 0.6) is 0 Å². The number of rotatable bonds is 6. The number of amides is 2. The predicted molar refractivity (Wildman–Crippen MR) is 123 cm³/mol. The molecule has 2 heterocycles. The largest absolute Gasteiger partial charge is 0.379 e. The molecule has 0 saturated carbocycles. The zero-order valence-electron chi connectivity index (χ0n) is 18.5. The molecule has 32 heavy (non-hydrogen) atoms. The van der Waals surface area contributed by atoms with E-state index in [4.69, 9.17) is 10.00 Å². The van der Waals surface area contributed by atoms with E-state index < -0.39 is 0 Å². The first-order chi connectivity index (χ1) is 15.7. The van der Waals surface area contributed by atoms with E-state index in [1.807, 2.05) is 29.2 Å². The standard InChI is InChI=1S/C25H31N5O2/c26-17-21-1-5-23(6-2-21)19-28-9-11-30(12-10-28)25(31)27-18-22-3-7-24(8-4-22)20-29-13-15-32-16-14-29/h1-8H,9-16,18-20H2,(H,27,31). The average molecular weight is 434 g/mol. The Morgan fingerprint density at radius 1 is 0.812 bits per heavy atom.